The summed E-state index contributed by atoms with van der Waals surface area (Å²) in [6.45, 7) is 60.5. The normalized spacial score (nSPS) is 10.0. The molecule has 0 aliphatic heterocycles. The van der Waals surface area contributed by atoms with Crippen LogP contribution in [0.1, 0.15) is 167 Å². The van der Waals surface area contributed by atoms with Crippen molar-refractivity contribution in [1.29, 1.82) is 0 Å². The molecule has 0 atom stereocenters. The molecule has 0 aliphatic carbocycles. The Hall–Kier alpha value is -6.64. The summed E-state index contributed by atoms with van der Waals surface area (Å²) in [7, 11) is 8.00. The highest BCUT2D eigenvalue weighted by Gasteiger charge is 2.06. The molecule has 10 aromatic rings. The van der Waals surface area contributed by atoms with E-state index in [1.807, 2.05) is 176 Å². The van der Waals surface area contributed by atoms with Gasteiger partial charge in [0.1, 0.15) is 28.9 Å². The van der Waals surface area contributed by atoms with Crippen molar-refractivity contribution in [3.8, 4) is 0 Å². The molecule has 17 nitrogen and oxygen atoms in total. The molecule has 10 rings (SSSR count). The average Bonchev–Trinajstić information content (AvgIpc) is 4.34. The largest absolute Gasteiger partial charge is 0.446 e. The van der Waals surface area contributed by atoms with Gasteiger partial charge in [-0.1, -0.05) is 5.16 Å². The molecular weight excluding hydrogens is 1110 g/mol. The lowest BCUT2D eigenvalue weighted by molar-refractivity contribution is 0.392. The second-order valence-electron chi connectivity index (χ2n) is 21.0. The molecule has 20 heteroatoms. The molecule has 0 saturated carbocycles. The molecule has 0 aliphatic rings. The first kappa shape index (κ1) is 75.4. The van der Waals surface area contributed by atoms with E-state index < -0.39 is 0 Å². The van der Waals surface area contributed by atoms with Crippen LogP contribution >= 0.6 is 34.2 Å². The highest BCUT2D eigenvalue weighted by molar-refractivity contribution is 7.11. The maximum atomic E-state index is 5.10. The summed E-state index contributed by atoms with van der Waals surface area (Å²) in [4.78, 5) is 29.1. The fourth-order valence-electron chi connectivity index (χ4n) is 7.12. The van der Waals surface area contributed by atoms with Gasteiger partial charge in [-0.3, -0.25) is 9.36 Å². The predicted molar refractivity (Wildman–Crippen MR) is 351 cm³/mol. The van der Waals surface area contributed by atoms with Gasteiger partial charge in [0.25, 0.3) is 0 Å². The van der Waals surface area contributed by atoms with Gasteiger partial charge in [-0.15, -0.1) is 22.7 Å². The molecule has 10 heterocycles. The molecular formula is C64H102N14O3S3. The Morgan fingerprint density at radius 1 is 0.310 bits per heavy atom. The zero-order chi connectivity index (χ0) is 64.9. The van der Waals surface area contributed by atoms with Crippen LogP contribution in [0.25, 0.3) is 0 Å². The monoisotopic (exact) mass is 1210 g/mol. The molecule has 10 aromatic heterocycles. The van der Waals surface area contributed by atoms with E-state index in [1.54, 1.807) is 34.2 Å². The number of imidazole rings is 2. The SMILES string of the molecule is Cc1nc(C)c(C)o1.Cc1nc(C)c(C)o1.Cc1nc(C)c(C)s1.Cc1nc(C)c(C)s1.Cc1nc(C)n(C)c1C.Cc1nc(C)n(C)c1C.Cc1nn(C)c(C)c1C.Cc1nn(C)c(C)c1C.Cc1noc(C)c1C.Cc1nsc(C)c1C. The van der Waals surface area contributed by atoms with Crippen molar-refractivity contribution in [2.45, 2.75) is 208 Å². The van der Waals surface area contributed by atoms with Crippen molar-refractivity contribution >= 4 is 34.2 Å². The van der Waals surface area contributed by atoms with Crippen LogP contribution in [0.15, 0.2) is 13.4 Å². The molecule has 0 radical (unpaired) electrons. The van der Waals surface area contributed by atoms with Gasteiger partial charge >= 0.3 is 0 Å². The van der Waals surface area contributed by atoms with Crippen molar-refractivity contribution in [1.82, 2.24) is 68.1 Å². The predicted octanol–water partition coefficient (Wildman–Crippen LogP) is 16.4. The maximum absolute atomic E-state index is 5.10. The average molecular weight is 1210 g/mol. The van der Waals surface area contributed by atoms with Gasteiger partial charge in [0.15, 0.2) is 11.8 Å². The van der Waals surface area contributed by atoms with Crippen molar-refractivity contribution in [2.75, 3.05) is 0 Å². The molecule has 0 saturated heterocycles. The van der Waals surface area contributed by atoms with Gasteiger partial charge in [0, 0.05) is 85.0 Å². The van der Waals surface area contributed by atoms with Crippen molar-refractivity contribution < 1.29 is 13.4 Å². The Balaban J connectivity index is 0.000000467. The third-order valence-electron chi connectivity index (χ3n) is 14.7. The topological polar surface area (TPSA) is 188 Å². The first-order chi connectivity index (χ1) is 38.7. The summed E-state index contributed by atoms with van der Waals surface area (Å²) >= 11 is 5.10. The van der Waals surface area contributed by atoms with E-state index in [-0.39, 0.29) is 0 Å². The van der Waals surface area contributed by atoms with Crippen molar-refractivity contribution in [3.05, 3.63) is 167 Å². The van der Waals surface area contributed by atoms with E-state index in [9.17, 15) is 0 Å². The zero-order valence-corrected chi connectivity index (χ0v) is 60.2. The fraction of sp³-hybridized carbons (Fsp3) is 0.531. The Morgan fingerprint density at radius 3 is 0.738 bits per heavy atom. The lowest BCUT2D eigenvalue weighted by atomic mass is 10.2. The number of hydrogen-bond acceptors (Lipinski definition) is 16. The molecule has 0 bridgehead atoms. The lowest BCUT2D eigenvalue weighted by Crippen LogP contribution is -1.92. The number of oxazole rings is 2. The minimum Gasteiger partial charge on any atom is -0.446 e. The molecule has 0 aromatic carbocycles. The summed E-state index contributed by atoms with van der Waals surface area (Å²) in [5.41, 5.74) is 21.2. The molecule has 0 unspecified atom stereocenters. The van der Waals surface area contributed by atoms with Crippen molar-refractivity contribution in [3.63, 3.8) is 0 Å². The van der Waals surface area contributed by atoms with Crippen LogP contribution < -0.4 is 0 Å². The molecule has 0 amide bonds. The van der Waals surface area contributed by atoms with Gasteiger partial charge in [-0.2, -0.15) is 14.6 Å². The maximum Gasteiger partial charge on any atom is 0.191 e. The summed E-state index contributed by atoms with van der Waals surface area (Å²) in [5, 5.41) is 14.5. The second-order valence-corrected chi connectivity index (χ2v) is 24.8. The number of nitrogens with zero attached hydrogens (tertiary/aromatic N) is 14. The van der Waals surface area contributed by atoms with Crippen LogP contribution in [0, 0.1) is 208 Å². The minimum atomic E-state index is 0.750. The van der Waals surface area contributed by atoms with E-state index in [0.717, 1.165) is 86.1 Å². The van der Waals surface area contributed by atoms with Gasteiger partial charge in [-0.05, 0) is 222 Å². The summed E-state index contributed by atoms with van der Waals surface area (Å²) in [6, 6.07) is 0. The fourth-order valence-corrected chi connectivity index (χ4v) is 9.45. The van der Waals surface area contributed by atoms with E-state index in [1.165, 1.54) is 81.2 Å². The third-order valence-corrected chi connectivity index (χ3v) is 17.7. The Labute approximate surface area is 516 Å². The number of rotatable bonds is 0. The Bertz CT molecular complexity index is 2970. The van der Waals surface area contributed by atoms with Crippen molar-refractivity contribution in [2.24, 2.45) is 28.2 Å². The molecule has 0 fully saturated rings. The second kappa shape index (κ2) is 35.0. The summed E-state index contributed by atoms with van der Waals surface area (Å²) in [5.74, 6) is 6.43. The van der Waals surface area contributed by atoms with Crippen LogP contribution in [0.5, 0.6) is 0 Å². The van der Waals surface area contributed by atoms with E-state index in [0.29, 0.717) is 0 Å². The summed E-state index contributed by atoms with van der Waals surface area (Å²) in [6.07, 6.45) is 0. The van der Waals surface area contributed by atoms with Gasteiger partial charge in [0.05, 0.1) is 67.0 Å². The van der Waals surface area contributed by atoms with Crippen LogP contribution in [0.2, 0.25) is 0 Å². The first-order valence-electron chi connectivity index (χ1n) is 28.0. The van der Waals surface area contributed by atoms with E-state index >= 15 is 0 Å². The number of thiazole rings is 2. The number of hydrogen-bond donors (Lipinski definition) is 0. The molecule has 84 heavy (non-hydrogen) atoms. The molecule has 464 valence electrons. The standard InChI is InChI=1S/4C7H12N2.3C6H9NO.3C6H9NS/c2*1-5-6(2)9(4)7(3)8-5;2*1-5-6(2)8-9(4)7(5)3;2*1-4-5(2)8-6(3)7-4;1-4-5(2)7-8-6(4)3;2*1-4-5(2)8-6(3)7-4;1-4-5(2)7-8-6(4)3/h4*1-4H3;6*1-3H3. The smallest absolute Gasteiger partial charge is 0.191 e. The van der Waals surface area contributed by atoms with Gasteiger partial charge in [0.2, 0.25) is 0 Å². The van der Waals surface area contributed by atoms with Gasteiger partial charge in [-0.25, -0.2) is 29.9 Å². The first-order valence-corrected chi connectivity index (χ1v) is 30.4. The quantitative estimate of drug-likeness (QED) is 0.140. The number of aromatic nitrogens is 14. The molecule has 0 N–H and O–H groups in total. The summed E-state index contributed by atoms with van der Waals surface area (Å²) < 4.78 is 27.2. The number of aryl methyl sites for hydroxylation is 24. The zero-order valence-electron chi connectivity index (χ0n) is 57.7. The molecule has 0 spiro atoms. The van der Waals surface area contributed by atoms with E-state index in [2.05, 4.69) is 128 Å². The Kier molecular flexibility index (Phi) is 31.4. The minimum absolute atomic E-state index is 0.750. The van der Waals surface area contributed by atoms with Gasteiger partial charge < -0.3 is 22.5 Å². The Morgan fingerprint density at radius 2 is 0.667 bits per heavy atom. The van der Waals surface area contributed by atoms with E-state index in [4.69, 9.17) is 13.4 Å². The highest BCUT2D eigenvalue weighted by atomic mass is 32.1. The van der Waals surface area contributed by atoms with Crippen LogP contribution in [-0.4, -0.2) is 68.1 Å². The van der Waals surface area contributed by atoms with Crippen LogP contribution in [0.3, 0.4) is 0 Å². The highest BCUT2D eigenvalue weighted by Crippen LogP contribution is 2.17. The van der Waals surface area contributed by atoms with Crippen LogP contribution in [-0.2, 0) is 28.2 Å². The third kappa shape index (κ3) is 24.1. The lowest BCUT2D eigenvalue weighted by Gasteiger charge is -1.94. The van der Waals surface area contributed by atoms with Crippen LogP contribution in [0.4, 0.5) is 0 Å².